The molecule has 4 rings (SSSR count). The normalized spacial score (nSPS) is 15.7. The number of aliphatic imine (C=N–C) groups is 1. The Balaban J connectivity index is 1.57. The molecule has 1 unspecified atom stereocenters. The lowest BCUT2D eigenvalue weighted by molar-refractivity contribution is -0.145. The number of phenolic OH excluding ortho intramolecular Hbond substituents is 1. The zero-order valence-corrected chi connectivity index (χ0v) is 40.8. The number of aromatic amines is 1. The average Bonchev–Trinajstić information content (AvgIpc) is 4.05. The minimum atomic E-state index is -1.39. The summed E-state index contributed by atoms with van der Waals surface area (Å²) >= 11 is 0. The molecule has 8 amide bonds. The molecule has 72 heavy (non-hydrogen) atoms. The van der Waals surface area contributed by atoms with Crippen LogP contribution in [-0.2, 0) is 56.0 Å². The number of H-pyrrole nitrogens is 1. The van der Waals surface area contributed by atoms with E-state index in [0.717, 1.165) is 0 Å². The molecule has 15 N–H and O–H groups in total. The van der Waals surface area contributed by atoms with Crippen molar-refractivity contribution in [3.63, 3.8) is 0 Å². The number of benzene rings is 2. The molecule has 0 bridgehead atoms. The second-order valence-corrected chi connectivity index (χ2v) is 18.1. The summed E-state index contributed by atoms with van der Waals surface area (Å²) in [7, 11) is 0. The third kappa shape index (κ3) is 17.4. The molecule has 390 valence electrons. The zero-order valence-electron chi connectivity index (χ0n) is 40.8. The number of aliphatic carboxylic acids is 1. The van der Waals surface area contributed by atoms with E-state index in [2.05, 4.69) is 46.9 Å². The molecule has 0 radical (unpaired) electrons. The highest BCUT2D eigenvalue weighted by Gasteiger charge is 2.41. The van der Waals surface area contributed by atoms with Gasteiger partial charge in [-0.15, -0.1) is 0 Å². The van der Waals surface area contributed by atoms with Crippen LogP contribution in [0.1, 0.15) is 89.1 Å². The molecule has 24 heteroatoms. The summed E-state index contributed by atoms with van der Waals surface area (Å²) in [5.74, 6) is -8.59. The quantitative estimate of drug-likeness (QED) is 0.0245. The molecule has 1 saturated heterocycles. The fourth-order valence-electron chi connectivity index (χ4n) is 7.94. The van der Waals surface area contributed by atoms with E-state index >= 15 is 0 Å². The Bertz CT molecular complexity index is 2380. The number of rotatable bonds is 27. The topological polar surface area (TPSA) is 389 Å². The largest absolute Gasteiger partial charge is 0.508 e. The van der Waals surface area contributed by atoms with E-state index in [9.17, 15) is 53.4 Å². The maximum atomic E-state index is 14.5. The van der Waals surface area contributed by atoms with E-state index in [0.29, 0.717) is 23.2 Å². The van der Waals surface area contributed by atoms with Crippen molar-refractivity contribution in [1.82, 2.24) is 46.8 Å². The summed E-state index contributed by atoms with van der Waals surface area (Å²) < 4.78 is 0. The maximum absolute atomic E-state index is 14.5. The third-order valence-corrected chi connectivity index (χ3v) is 11.8. The molecule has 1 aliphatic heterocycles. The molecule has 0 spiro atoms. The predicted octanol–water partition coefficient (Wildman–Crippen LogP) is -1.11. The van der Waals surface area contributed by atoms with Gasteiger partial charge in [0.25, 0.3) is 0 Å². The number of nitrogens with two attached hydrogens (primary N) is 3. The van der Waals surface area contributed by atoms with E-state index in [-0.39, 0.29) is 69.7 Å². The van der Waals surface area contributed by atoms with Crippen molar-refractivity contribution in [2.45, 2.75) is 121 Å². The summed E-state index contributed by atoms with van der Waals surface area (Å²) in [4.78, 5) is 133. The number of nitrogens with one attached hydrogen (secondary N) is 7. The van der Waals surface area contributed by atoms with E-state index in [1.165, 1.54) is 41.7 Å². The monoisotopic (exact) mass is 1000 g/mol. The molecule has 7 atom stereocenters. The minimum absolute atomic E-state index is 0.0339. The van der Waals surface area contributed by atoms with Gasteiger partial charge in [-0.2, -0.15) is 0 Å². The number of carbonyl (C=O) groups is 9. The third-order valence-electron chi connectivity index (χ3n) is 11.8. The Morgan fingerprint density at radius 3 is 1.92 bits per heavy atom. The van der Waals surface area contributed by atoms with Gasteiger partial charge in [-0.25, -0.2) is 9.78 Å². The zero-order chi connectivity index (χ0) is 53.1. The number of carboxylic acids is 1. The van der Waals surface area contributed by atoms with Crippen LogP contribution in [0.15, 0.2) is 72.1 Å². The standard InChI is InChI=1S/C48H67N13O11/c1-26(2)38(58-41(65)32(12-8-20-53-48(50)51)55-37(64)19-18-36(49)63)44(68)56-33(22-28-14-16-31(62)17-15-28)42(66)59-39(27(3)4)45(69)57-34(23-30-24-52-25-54-30)46(70)61-21-9-13-35(61)43(67)60-40(47(71)72)29-10-6-5-7-11-29/h5-7,10-11,14-17,24-27,32-35,38-40,62H,8-9,12-13,18-23H2,1-4H3,(H2,49,63)(H,52,54)(H,55,64)(H,56,68)(H,57,69)(H,58,65)(H,59,66)(H,60,67)(H,71,72)(H4,50,51,53)/t32-,33-,34-,35?,38-,39-,40-/m0/s1. The van der Waals surface area contributed by atoms with Crippen LogP contribution in [0.2, 0.25) is 0 Å². The SMILES string of the molecule is CC(C)[C@H](NC(=O)[C@H](CCCN=C(N)N)NC(=O)CCC(N)=O)C(=O)N[C@@H](Cc1ccc(O)cc1)C(=O)N[C@H](C(=O)N[C@@H](Cc1cnc[nH]1)C(=O)N1CCCC1C(=O)N[C@H](C(=O)O)c1ccccc1)C(C)C. The summed E-state index contributed by atoms with van der Waals surface area (Å²) in [5.41, 5.74) is 17.3. The highest BCUT2D eigenvalue weighted by atomic mass is 16.4. The van der Waals surface area contributed by atoms with Crippen molar-refractivity contribution >= 4 is 59.2 Å². The van der Waals surface area contributed by atoms with Crippen LogP contribution in [0.4, 0.5) is 0 Å². The fraction of sp³-hybridized carbons (Fsp3) is 0.479. The molecule has 1 aromatic heterocycles. The first-order valence-electron chi connectivity index (χ1n) is 23.6. The molecule has 1 fully saturated rings. The summed E-state index contributed by atoms with van der Waals surface area (Å²) in [6, 6.07) is 4.98. The Hall–Kier alpha value is -8.05. The Morgan fingerprint density at radius 2 is 1.36 bits per heavy atom. The number of guanidine groups is 1. The molecule has 0 aliphatic carbocycles. The summed E-state index contributed by atoms with van der Waals surface area (Å²) in [6.07, 6.45) is 2.92. The number of hydrogen-bond acceptors (Lipinski definition) is 12. The van der Waals surface area contributed by atoms with Gasteiger partial charge in [-0.3, -0.25) is 43.3 Å². The second kappa shape index (κ2) is 27.4. The highest BCUT2D eigenvalue weighted by molar-refractivity contribution is 5.98. The predicted molar refractivity (Wildman–Crippen MR) is 261 cm³/mol. The number of carboxylic acid groups (broad SMARTS) is 1. The van der Waals surface area contributed by atoms with E-state index in [4.69, 9.17) is 17.2 Å². The van der Waals surface area contributed by atoms with Gasteiger partial charge in [-0.05, 0) is 60.8 Å². The van der Waals surface area contributed by atoms with Gasteiger partial charge >= 0.3 is 5.97 Å². The first-order chi connectivity index (χ1) is 34.1. The van der Waals surface area contributed by atoms with Crippen molar-refractivity contribution in [1.29, 1.82) is 0 Å². The molecular formula is C48H67N13O11. The molecule has 3 aromatic rings. The van der Waals surface area contributed by atoms with Crippen molar-refractivity contribution in [2.75, 3.05) is 13.1 Å². The lowest BCUT2D eigenvalue weighted by Gasteiger charge is -2.31. The minimum Gasteiger partial charge on any atom is -0.508 e. The van der Waals surface area contributed by atoms with Crippen molar-refractivity contribution in [2.24, 2.45) is 34.0 Å². The molecule has 1 aliphatic rings. The number of nitrogens with zero attached hydrogens (tertiary/aromatic N) is 3. The van der Waals surface area contributed by atoms with Crippen molar-refractivity contribution < 1.29 is 53.4 Å². The van der Waals surface area contributed by atoms with Gasteiger partial charge in [0.1, 0.15) is 42.0 Å². The van der Waals surface area contributed by atoms with Gasteiger partial charge in [-0.1, -0.05) is 70.2 Å². The van der Waals surface area contributed by atoms with Gasteiger partial charge in [0.05, 0.1) is 6.33 Å². The molecule has 0 saturated carbocycles. The van der Waals surface area contributed by atoms with Gasteiger partial charge < -0.3 is 69.2 Å². The van der Waals surface area contributed by atoms with Crippen LogP contribution >= 0.6 is 0 Å². The number of aromatic nitrogens is 2. The Morgan fingerprint density at radius 1 is 0.750 bits per heavy atom. The number of imidazole rings is 1. The molecular weight excluding hydrogens is 935 g/mol. The molecule has 2 aromatic carbocycles. The van der Waals surface area contributed by atoms with Crippen LogP contribution in [0.5, 0.6) is 5.75 Å². The lowest BCUT2D eigenvalue weighted by atomic mass is 9.98. The second-order valence-electron chi connectivity index (χ2n) is 18.1. The van der Waals surface area contributed by atoms with E-state index < -0.39 is 107 Å². The number of phenols is 1. The Kier molecular flexibility index (Phi) is 21.5. The fourth-order valence-corrected chi connectivity index (χ4v) is 7.94. The van der Waals surface area contributed by atoms with Crippen LogP contribution in [0.3, 0.4) is 0 Å². The number of hydrogen-bond donors (Lipinski definition) is 12. The first kappa shape index (κ1) is 56.5. The molecule has 2 heterocycles. The van der Waals surface area contributed by atoms with Crippen molar-refractivity contribution in [3.8, 4) is 5.75 Å². The summed E-state index contributed by atoms with van der Waals surface area (Å²) in [5, 5.41) is 35.9. The van der Waals surface area contributed by atoms with Crippen molar-refractivity contribution in [3.05, 3.63) is 83.9 Å². The Labute approximate surface area is 416 Å². The maximum Gasteiger partial charge on any atom is 0.330 e. The van der Waals surface area contributed by atoms with Gasteiger partial charge in [0.2, 0.25) is 47.3 Å². The number of carbonyl (C=O) groups excluding carboxylic acids is 8. The summed E-state index contributed by atoms with van der Waals surface area (Å²) in [6.45, 7) is 6.84. The van der Waals surface area contributed by atoms with E-state index in [1.807, 2.05) is 0 Å². The van der Waals surface area contributed by atoms with Crippen LogP contribution in [0.25, 0.3) is 0 Å². The number of likely N-dealkylation sites (tertiary alicyclic amines) is 1. The highest BCUT2D eigenvalue weighted by Crippen LogP contribution is 2.22. The van der Waals surface area contributed by atoms with Crippen LogP contribution in [-0.4, -0.2) is 134 Å². The van der Waals surface area contributed by atoms with Crippen LogP contribution in [0, 0.1) is 11.8 Å². The van der Waals surface area contributed by atoms with Crippen LogP contribution < -0.4 is 49.1 Å². The van der Waals surface area contributed by atoms with E-state index in [1.54, 1.807) is 58.0 Å². The number of amides is 8. The van der Waals surface area contributed by atoms with Gasteiger partial charge in [0.15, 0.2) is 12.0 Å². The lowest BCUT2D eigenvalue weighted by Crippen LogP contribution is -2.61. The number of aromatic hydroxyl groups is 1. The number of primary amides is 1. The van der Waals surface area contributed by atoms with Gasteiger partial charge in [0, 0.05) is 50.7 Å². The first-order valence-corrected chi connectivity index (χ1v) is 23.6. The average molecular weight is 1000 g/mol. The smallest absolute Gasteiger partial charge is 0.330 e. The molecule has 24 nitrogen and oxygen atoms in total.